The molecule has 0 aliphatic carbocycles. The Kier molecular flexibility index (Phi) is 4.05. The van der Waals surface area contributed by atoms with E-state index in [1.54, 1.807) is 6.20 Å². The Bertz CT molecular complexity index is 581. The van der Waals surface area contributed by atoms with Crippen molar-refractivity contribution in [3.8, 4) is 0 Å². The van der Waals surface area contributed by atoms with Gasteiger partial charge in [-0.3, -0.25) is 0 Å². The molecule has 1 fully saturated rings. The predicted molar refractivity (Wildman–Crippen MR) is 78.3 cm³/mol. The van der Waals surface area contributed by atoms with Crippen LogP contribution >= 0.6 is 27.5 Å². The van der Waals surface area contributed by atoms with Crippen LogP contribution in [0.1, 0.15) is 18.7 Å². The minimum absolute atomic E-state index is 0.404. The first-order chi connectivity index (χ1) is 9.28. The minimum atomic E-state index is 0.404. The molecule has 1 unspecified atom stereocenters. The van der Waals surface area contributed by atoms with Gasteiger partial charge in [0, 0.05) is 29.7 Å². The number of nitrogens with zero attached hydrogens (tertiary/aromatic N) is 3. The van der Waals surface area contributed by atoms with Crippen molar-refractivity contribution in [1.82, 2.24) is 14.5 Å². The molecule has 0 amide bonds. The molecule has 0 saturated carbocycles. The van der Waals surface area contributed by atoms with Crippen molar-refractivity contribution in [1.29, 1.82) is 0 Å². The van der Waals surface area contributed by atoms with Crippen molar-refractivity contribution in [3.05, 3.63) is 22.6 Å². The van der Waals surface area contributed by atoms with Gasteiger partial charge in [0.05, 0.1) is 12.5 Å². The number of imidazole rings is 1. The van der Waals surface area contributed by atoms with Gasteiger partial charge in [0.2, 0.25) is 0 Å². The molecule has 19 heavy (non-hydrogen) atoms. The van der Waals surface area contributed by atoms with Gasteiger partial charge in [-0.2, -0.15) is 0 Å². The highest BCUT2D eigenvalue weighted by atomic mass is 79.9. The van der Waals surface area contributed by atoms with Gasteiger partial charge in [-0.15, -0.1) is 11.6 Å². The predicted octanol–water partition coefficient (Wildman–Crippen LogP) is 3.36. The third-order valence-corrected chi connectivity index (χ3v) is 4.12. The number of rotatable bonds is 3. The molecule has 0 spiro atoms. The van der Waals surface area contributed by atoms with Gasteiger partial charge in [-0.05, 0) is 34.8 Å². The fraction of sp³-hybridized carbons (Fsp3) is 0.538. The van der Waals surface area contributed by atoms with Gasteiger partial charge in [0.25, 0.3) is 0 Å². The van der Waals surface area contributed by atoms with Crippen LogP contribution in [-0.2, 0) is 17.2 Å². The van der Waals surface area contributed by atoms with Crippen LogP contribution in [0, 0.1) is 5.92 Å². The Morgan fingerprint density at radius 3 is 3.16 bits per heavy atom. The molecule has 1 aliphatic heterocycles. The van der Waals surface area contributed by atoms with Crippen LogP contribution in [0.2, 0.25) is 0 Å². The van der Waals surface area contributed by atoms with E-state index in [2.05, 4.69) is 30.5 Å². The summed E-state index contributed by atoms with van der Waals surface area (Å²) in [4.78, 5) is 9.02. The average Bonchev–Trinajstić information content (AvgIpc) is 2.77. The molecule has 1 aliphatic rings. The second-order valence-electron chi connectivity index (χ2n) is 4.85. The summed E-state index contributed by atoms with van der Waals surface area (Å²) in [7, 11) is 0. The van der Waals surface area contributed by atoms with Gasteiger partial charge in [0.15, 0.2) is 5.65 Å². The number of hydrogen-bond donors (Lipinski definition) is 0. The second-order valence-corrected chi connectivity index (χ2v) is 6.03. The van der Waals surface area contributed by atoms with E-state index in [4.69, 9.17) is 16.3 Å². The minimum Gasteiger partial charge on any atom is -0.381 e. The van der Waals surface area contributed by atoms with E-state index < -0.39 is 0 Å². The van der Waals surface area contributed by atoms with Crippen LogP contribution in [0.3, 0.4) is 0 Å². The molecule has 102 valence electrons. The fourth-order valence-electron chi connectivity index (χ4n) is 2.54. The van der Waals surface area contributed by atoms with Gasteiger partial charge in [-0.25, -0.2) is 9.97 Å². The fourth-order valence-corrected chi connectivity index (χ4v) is 3.06. The van der Waals surface area contributed by atoms with Crippen molar-refractivity contribution in [2.24, 2.45) is 5.92 Å². The lowest BCUT2D eigenvalue weighted by molar-refractivity contribution is 0.0485. The molecule has 6 heteroatoms. The van der Waals surface area contributed by atoms with Gasteiger partial charge >= 0.3 is 0 Å². The lowest BCUT2D eigenvalue weighted by Gasteiger charge is -2.23. The summed E-state index contributed by atoms with van der Waals surface area (Å²) >= 11 is 9.43. The van der Waals surface area contributed by atoms with Crippen molar-refractivity contribution in [2.45, 2.75) is 25.3 Å². The SMILES string of the molecule is ClCc1nc2cc(Br)cnc2n1CC1CCCOC1. The first kappa shape index (κ1) is 13.3. The van der Waals surface area contributed by atoms with E-state index in [0.29, 0.717) is 11.8 Å². The average molecular weight is 345 g/mol. The number of fused-ring (bicyclic) bond motifs is 1. The maximum atomic E-state index is 6.01. The molecule has 0 bridgehead atoms. The molecule has 4 nitrogen and oxygen atoms in total. The maximum Gasteiger partial charge on any atom is 0.160 e. The van der Waals surface area contributed by atoms with E-state index >= 15 is 0 Å². The number of aromatic nitrogens is 3. The number of halogens is 2. The zero-order chi connectivity index (χ0) is 13.2. The molecule has 3 heterocycles. The topological polar surface area (TPSA) is 39.9 Å². The summed E-state index contributed by atoms with van der Waals surface area (Å²) in [6, 6.07) is 1.98. The molecule has 0 N–H and O–H groups in total. The molecule has 1 saturated heterocycles. The molecule has 0 aromatic carbocycles. The summed E-state index contributed by atoms with van der Waals surface area (Å²) in [6.07, 6.45) is 4.13. The van der Waals surface area contributed by atoms with E-state index in [-0.39, 0.29) is 0 Å². The quantitative estimate of drug-likeness (QED) is 0.802. The van der Waals surface area contributed by atoms with Crippen molar-refractivity contribution in [3.63, 3.8) is 0 Å². The molecule has 2 aromatic rings. The van der Waals surface area contributed by atoms with Crippen LogP contribution in [0.25, 0.3) is 11.2 Å². The number of ether oxygens (including phenoxy) is 1. The standard InChI is InChI=1S/C13H15BrClN3O/c14-10-4-11-13(16-6-10)18(12(5-15)17-11)7-9-2-1-3-19-8-9/h4,6,9H,1-3,5,7-8H2. The van der Waals surface area contributed by atoms with Crippen LogP contribution in [0.5, 0.6) is 0 Å². The summed E-state index contributed by atoms with van der Waals surface area (Å²) in [5, 5.41) is 0. The Hall–Kier alpha value is -0.650. The number of hydrogen-bond acceptors (Lipinski definition) is 3. The first-order valence-corrected chi connectivity index (χ1v) is 7.75. The van der Waals surface area contributed by atoms with Crippen molar-refractivity contribution >= 4 is 38.7 Å². The smallest absolute Gasteiger partial charge is 0.160 e. The molecular formula is C13H15BrClN3O. The summed E-state index contributed by atoms with van der Waals surface area (Å²) in [6.45, 7) is 2.58. The third kappa shape index (κ3) is 2.78. The molecule has 3 rings (SSSR count). The van der Waals surface area contributed by atoms with E-state index in [9.17, 15) is 0 Å². The normalized spacial score (nSPS) is 20.0. The van der Waals surface area contributed by atoms with Crippen molar-refractivity contribution < 1.29 is 4.74 Å². The summed E-state index contributed by atoms with van der Waals surface area (Å²) in [5.74, 6) is 1.81. The summed E-state index contributed by atoms with van der Waals surface area (Å²) < 4.78 is 8.61. The van der Waals surface area contributed by atoms with Gasteiger partial charge in [0.1, 0.15) is 11.3 Å². The molecule has 1 atom stereocenters. The van der Waals surface area contributed by atoms with Crippen molar-refractivity contribution in [2.75, 3.05) is 13.2 Å². The third-order valence-electron chi connectivity index (χ3n) is 3.45. The highest BCUT2D eigenvalue weighted by molar-refractivity contribution is 9.10. The van der Waals surface area contributed by atoms with E-state index in [1.807, 2.05) is 6.07 Å². The van der Waals surface area contributed by atoms with Crippen LogP contribution < -0.4 is 0 Å². The second kappa shape index (κ2) is 5.77. The Labute approximate surface area is 125 Å². The molecular weight excluding hydrogens is 330 g/mol. The molecule has 0 radical (unpaired) electrons. The van der Waals surface area contributed by atoms with E-state index in [0.717, 1.165) is 47.6 Å². The highest BCUT2D eigenvalue weighted by Gasteiger charge is 2.19. The molecule has 2 aromatic heterocycles. The zero-order valence-electron chi connectivity index (χ0n) is 10.5. The highest BCUT2D eigenvalue weighted by Crippen LogP contribution is 2.23. The number of pyridine rings is 1. The first-order valence-electron chi connectivity index (χ1n) is 6.42. The summed E-state index contributed by atoms with van der Waals surface area (Å²) in [5.41, 5.74) is 1.80. The Morgan fingerprint density at radius 1 is 1.53 bits per heavy atom. The van der Waals surface area contributed by atoms with Gasteiger partial charge < -0.3 is 9.30 Å². The van der Waals surface area contributed by atoms with Gasteiger partial charge in [-0.1, -0.05) is 0 Å². The lowest BCUT2D eigenvalue weighted by Crippen LogP contribution is -2.23. The Balaban J connectivity index is 1.95. The van der Waals surface area contributed by atoms with Crippen LogP contribution in [0.15, 0.2) is 16.7 Å². The van der Waals surface area contributed by atoms with E-state index in [1.165, 1.54) is 6.42 Å². The van der Waals surface area contributed by atoms with Crippen LogP contribution in [0.4, 0.5) is 0 Å². The number of alkyl halides is 1. The lowest BCUT2D eigenvalue weighted by atomic mass is 10.0. The van der Waals surface area contributed by atoms with Crippen LogP contribution in [-0.4, -0.2) is 27.7 Å². The maximum absolute atomic E-state index is 6.01. The monoisotopic (exact) mass is 343 g/mol. The zero-order valence-corrected chi connectivity index (χ0v) is 12.8. The largest absolute Gasteiger partial charge is 0.381 e. The Morgan fingerprint density at radius 2 is 2.42 bits per heavy atom.